The number of nitrogens with zero attached hydrogens (tertiary/aromatic N) is 4. The summed E-state index contributed by atoms with van der Waals surface area (Å²) in [7, 11) is 0. The van der Waals surface area contributed by atoms with E-state index in [0.29, 0.717) is 18.2 Å². The Labute approximate surface area is 136 Å². The number of anilines is 1. The highest BCUT2D eigenvalue weighted by atomic mass is 16.1. The van der Waals surface area contributed by atoms with Crippen LogP contribution in [0.25, 0.3) is 0 Å². The zero-order chi connectivity index (χ0) is 16.1. The highest BCUT2D eigenvalue weighted by Gasteiger charge is 2.18. The Morgan fingerprint density at radius 2 is 2.09 bits per heavy atom. The van der Waals surface area contributed by atoms with Gasteiger partial charge in [-0.25, -0.2) is 0 Å². The number of carbonyl (C=O) groups excluding carboxylic acids is 1. The van der Waals surface area contributed by atoms with Crippen molar-refractivity contribution in [2.75, 3.05) is 18.0 Å². The highest BCUT2D eigenvalue weighted by Crippen LogP contribution is 2.20. The molecule has 1 N–H and O–H groups in total. The number of hydrogen-bond acceptors (Lipinski definition) is 5. The number of hydrogen-bond donors (Lipinski definition) is 1. The summed E-state index contributed by atoms with van der Waals surface area (Å²) in [4.78, 5) is 18.3. The Balaban J connectivity index is 1.59. The van der Waals surface area contributed by atoms with Crippen molar-refractivity contribution in [3.63, 3.8) is 0 Å². The number of pyridine rings is 1. The summed E-state index contributed by atoms with van der Waals surface area (Å²) in [6, 6.07) is 7.36. The summed E-state index contributed by atoms with van der Waals surface area (Å²) in [6.07, 6.45) is 5.85. The molecule has 0 saturated carbocycles. The summed E-state index contributed by atoms with van der Waals surface area (Å²) >= 11 is 0. The molecule has 6 nitrogen and oxygen atoms in total. The topological polar surface area (TPSA) is 71.0 Å². The van der Waals surface area contributed by atoms with E-state index in [1.165, 1.54) is 12.8 Å². The SMILES string of the molecule is CC1CCCN(c2ccc(C(=O)NCc3ccncc3)nn2)C1. The molecule has 2 aromatic heterocycles. The maximum absolute atomic E-state index is 12.1. The minimum Gasteiger partial charge on any atom is -0.355 e. The molecule has 6 heteroatoms. The average molecular weight is 311 g/mol. The fourth-order valence-electron chi connectivity index (χ4n) is 2.79. The first-order valence-electron chi connectivity index (χ1n) is 7.98. The molecule has 0 aromatic carbocycles. The van der Waals surface area contributed by atoms with Crippen molar-refractivity contribution in [3.8, 4) is 0 Å². The Bertz CT molecular complexity index is 644. The van der Waals surface area contributed by atoms with Crippen LogP contribution in [0.4, 0.5) is 5.82 Å². The van der Waals surface area contributed by atoms with E-state index in [9.17, 15) is 4.79 Å². The first-order chi connectivity index (χ1) is 11.2. The van der Waals surface area contributed by atoms with Crippen LogP contribution in [0.2, 0.25) is 0 Å². The van der Waals surface area contributed by atoms with Crippen LogP contribution in [-0.2, 0) is 6.54 Å². The van der Waals surface area contributed by atoms with Crippen LogP contribution in [0.15, 0.2) is 36.7 Å². The molecule has 1 atom stereocenters. The summed E-state index contributed by atoms with van der Waals surface area (Å²) in [6.45, 7) is 4.71. The third-order valence-electron chi connectivity index (χ3n) is 4.07. The highest BCUT2D eigenvalue weighted by molar-refractivity contribution is 5.92. The minimum atomic E-state index is -0.215. The van der Waals surface area contributed by atoms with Crippen LogP contribution >= 0.6 is 0 Å². The van der Waals surface area contributed by atoms with E-state index in [-0.39, 0.29) is 5.91 Å². The molecular weight excluding hydrogens is 290 g/mol. The standard InChI is InChI=1S/C17H21N5O/c1-13-3-2-10-22(12-13)16-5-4-15(20-21-16)17(23)19-11-14-6-8-18-9-7-14/h4-9,13H,2-3,10-12H2,1H3,(H,19,23). The predicted octanol–water partition coefficient (Wildman–Crippen LogP) is 2.04. The van der Waals surface area contributed by atoms with Gasteiger partial charge in [0.25, 0.3) is 5.91 Å². The molecule has 0 aliphatic carbocycles. The summed E-state index contributed by atoms with van der Waals surface area (Å²) in [5, 5.41) is 11.1. The fraction of sp³-hybridized carbons (Fsp3) is 0.412. The van der Waals surface area contributed by atoms with Crippen molar-refractivity contribution in [3.05, 3.63) is 47.9 Å². The van der Waals surface area contributed by atoms with Crippen LogP contribution in [0, 0.1) is 5.92 Å². The van der Waals surface area contributed by atoms with Gasteiger partial charge in [-0.15, -0.1) is 10.2 Å². The predicted molar refractivity (Wildman–Crippen MR) is 88.1 cm³/mol. The molecule has 1 aliphatic rings. The maximum atomic E-state index is 12.1. The van der Waals surface area contributed by atoms with E-state index in [2.05, 4.69) is 32.3 Å². The zero-order valence-electron chi connectivity index (χ0n) is 13.3. The number of carbonyl (C=O) groups is 1. The Kier molecular flexibility index (Phi) is 4.80. The molecule has 0 radical (unpaired) electrons. The number of nitrogens with one attached hydrogen (secondary N) is 1. The Morgan fingerprint density at radius 3 is 2.78 bits per heavy atom. The Morgan fingerprint density at radius 1 is 1.26 bits per heavy atom. The molecule has 1 aliphatic heterocycles. The lowest BCUT2D eigenvalue weighted by molar-refractivity contribution is 0.0945. The third-order valence-corrected chi connectivity index (χ3v) is 4.07. The van der Waals surface area contributed by atoms with Gasteiger partial charge in [-0.1, -0.05) is 6.92 Å². The maximum Gasteiger partial charge on any atom is 0.272 e. The molecule has 120 valence electrons. The van der Waals surface area contributed by atoms with Gasteiger partial charge in [0.1, 0.15) is 0 Å². The van der Waals surface area contributed by atoms with E-state index in [0.717, 1.165) is 24.5 Å². The second kappa shape index (κ2) is 7.17. The molecule has 2 aromatic rings. The van der Waals surface area contributed by atoms with E-state index < -0.39 is 0 Å². The molecule has 0 bridgehead atoms. The van der Waals surface area contributed by atoms with Crippen molar-refractivity contribution < 1.29 is 4.79 Å². The minimum absolute atomic E-state index is 0.215. The molecule has 1 amide bonds. The lowest BCUT2D eigenvalue weighted by atomic mass is 10.0. The molecule has 23 heavy (non-hydrogen) atoms. The fourth-order valence-corrected chi connectivity index (χ4v) is 2.79. The van der Waals surface area contributed by atoms with Crippen LogP contribution in [0.3, 0.4) is 0 Å². The van der Waals surface area contributed by atoms with Gasteiger partial charge in [-0.05, 0) is 48.6 Å². The molecule has 3 heterocycles. The van der Waals surface area contributed by atoms with Crippen molar-refractivity contribution in [1.82, 2.24) is 20.5 Å². The largest absolute Gasteiger partial charge is 0.355 e. The molecule has 0 spiro atoms. The van der Waals surface area contributed by atoms with Crippen molar-refractivity contribution in [2.45, 2.75) is 26.3 Å². The van der Waals surface area contributed by atoms with Crippen molar-refractivity contribution in [2.24, 2.45) is 5.92 Å². The van der Waals surface area contributed by atoms with Gasteiger partial charge in [0, 0.05) is 32.0 Å². The zero-order valence-corrected chi connectivity index (χ0v) is 13.3. The summed E-state index contributed by atoms with van der Waals surface area (Å²) < 4.78 is 0. The van der Waals surface area contributed by atoms with Gasteiger partial charge < -0.3 is 10.2 Å². The molecular formula is C17H21N5O. The third kappa shape index (κ3) is 4.03. The van der Waals surface area contributed by atoms with Crippen LogP contribution in [-0.4, -0.2) is 34.2 Å². The first-order valence-corrected chi connectivity index (χ1v) is 7.98. The molecule has 1 fully saturated rings. The van der Waals surface area contributed by atoms with Crippen LogP contribution < -0.4 is 10.2 Å². The van der Waals surface area contributed by atoms with Crippen molar-refractivity contribution >= 4 is 11.7 Å². The lowest BCUT2D eigenvalue weighted by Crippen LogP contribution is -2.35. The van der Waals surface area contributed by atoms with Crippen molar-refractivity contribution in [1.29, 1.82) is 0 Å². The van der Waals surface area contributed by atoms with Gasteiger partial charge in [0.15, 0.2) is 11.5 Å². The van der Waals surface area contributed by atoms with E-state index in [1.807, 2.05) is 18.2 Å². The van der Waals surface area contributed by atoms with Crippen LogP contribution in [0.1, 0.15) is 35.8 Å². The number of piperidine rings is 1. The quantitative estimate of drug-likeness (QED) is 0.935. The van der Waals surface area contributed by atoms with E-state index in [4.69, 9.17) is 0 Å². The normalized spacial score (nSPS) is 17.8. The summed E-state index contributed by atoms with van der Waals surface area (Å²) in [5.74, 6) is 1.31. The second-order valence-corrected chi connectivity index (χ2v) is 6.01. The van der Waals surface area contributed by atoms with Gasteiger partial charge in [0.2, 0.25) is 0 Å². The van der Waals surface area contributed by atoms with E-state index >= 15 is 0 Å². The number of amides is 1. The molecule has 1 saturated heterocycles. The monoisotopic (exact) mass is 311 g/mol. The number of aromatic nitrogens is 3. The average Bonchev–Trinajstić information content (AvgIpc) is 2.61. The van der Waals surface area contributed by atoms with Gasteiger partial charge >= 0.3 is 0 Å². The van der Waals surface area contributed by atoms with Gasteiger partial charge in [0.05, 0.1) is 0 Å². The van der Waals surface area contributed by atoms with Gasteiger partial charge in [-0.3, -0.25) is 9.78 Å². The molecule has 3 rings (SSSR count). The summed E-state index contributed by atoms with van der Waals surface area (Å²) in [5.41, 5.74) is 1.34. The second-order valence-electron chi connectivity index (χ2n) is 6.01. The Hall–Kier alpha value is -2.50. The van der Waals surface area contributed by atoms with Gasteiger partial charge in [-0.2, -0.15) is 0 Å². The smallest absolute Gasteiger partial charge is 0.272 e. The van der Waals surface area contributed by atoms with E-state index in [1.54, 1.807) is 18.5 Å². The molecule has 1 unspecified atom stereocenters. The van der Waals surface area contributed by atoms with Crippen LogP contribution in [0.5, 0.6) is 0 Å². The number of rotatable bonds is 4. The lowest BCUT2D eigenvalue weighted by Gasteiger charge is -2.31. The first kappa shape index (κ1) is 15.4.